The van der Waals surface area contributed by atoms with Crippen molar-refractivity contribution in [3.05, 3.63) is 58.6 Å². The molecule has 20 heavy (non-hydrogen) atoms. The molecule has 0 heterocycles. The molecule has 0 unspecified atom stereocenters. The van der Waals surface area contributed by atoms with Crippen molar-refractivity contribution in [3.8, 4) is 5.75 Å². The van der Waals surface area contributed by atoms with Crippen LogP contribution in [0.2, 0.25) is 5.02 Å². The van der Waals surface area contributed by atoms with Crippen molar-refractivity contribution in [1.82, 2.24) is 0 Å². The molecular weight excluding hydrogens is 274 g/mol. The van der Waals surface area contributed by atoms with Gasteiger partial charge in [0.1, 0.15) is 5.75 Å². The SMILES string of the molecule is Cc1cccc(NC(=O)COc2ccc(Cl)cc2)c1C. The third kappa shape index (κ3) is 3.75. The van der Waals surface area contributed by atoms with E-state index in [0.29, 0.717) is 10.8 Å². The van der Waals surface area contributed by atoms with Crippen LogP contribution in [-0.4, -0.2) is 12.5 Å². The molecule has 0 fully saturated rings. The highest BCUT2D eigenvalue weighted by Crippen LogP contribution is 2.18. The number of amides is 1. The fourth-order valence-electron chi connectivity index (χ4n) is 1.75. The molecule has 0 spiro atoms. The zero-order valence-electron chi connectivity index (χ0n) is 11.4. The van der Waals surface area contributed by atoms with Gasteiger partial charge in [-0.2, -0.15) is 0 Å². The van der Waals surface area contributed by atoms with Gasteiger partial charge in [0, 0.05) is 10.7 Å². The van der Waals surface area contributed by atoms with Crippen LogP contribution in [0.15, 0.2) is 42.5 Å². The number of rotatable bonds is 4. The Morgan fingerprint density at radius 3 is 2.55 bits per heavy atom. The summed E-state index contributed by atoms with van der Waals surface area (Å²) in [6, 6.07) is 12.7. The molecule has 4 heteroatoms. The number of benzene rings is 2. The van der Waals surface area contributed by atoms with Gasteiger partial charge < -0.3 is 10.1 Å². The van der Waals surface area contributed by atoms with Crippen molar-refractivity contribution in [3.63, 3.8) is 0 Å². The second kappa shape index (κ2) is 6.44. The van der Waals surface area contributed by atoms with E-state index in [1.54, 1.807) is 24.3 Å². The molecule has 0 aliphatic heterocycles. The summed E-state index contributed by atoms with van der Waals surface area (Å²) in [5.41, 5.74) is 3.02. The maximum atomic E-state index is 11.9. The van der Waals surface area contributed by atoms with Crippen LogP contribution in [0.5, 0.6) is 5.75 Å². The van der Waals surface area contributed by atoms with E-state index < -0.39 is 0 Å². The lowest BCUT2D eigenvalue weighted by Gasteiger charge is -2.11. The van der Waals surface area contributed by atoms with E-state index in [9.17, 15) is 4.79 Å². The lowest BCUT2D eigenvalue weighted by Crippen LogP contribution is -2.20. The first kappa shape index (κ1) is 14.4. The fourth-order valence-corrected chi connectivity index (χ4v) is 1.88. The van der Waals surface area contributed by atoms with Crippen LogP contribution >= 0.6 is 11.6 Å². The summed E-state index contributed by atoms with van der Waals surface area (Å²) in [6.07, 6.45) is 0. The van der Waals surface area contributed by atoms with Crippen LogP contribution in [0.25, 0.3) is 0 Å². The van der Waals surface area contributed by atoms with Gasteiger partial charge in [0.25, 0.3) is 5.91 Å². The summed E-state index contributed by atoms with van der Waals surface area (Å²) in [6.45, 7) is 3.95. The number of carbonyl (C=O) groups excluding carboxylic acids is 1. The molecule has 0 saturated heterocycles. The molecule has 0 aliphatic rings. The first-order valence-electron chi connectivity index (χ1n) is 6.30. The Morgan fingerprint density at radius 2 is 1.85 bits per heavy atom. The number of hydrogen-bond acceptors (Lipinski definition) is 2. The topological polar surface area (TPSA) is 38.3 Å². The average Bonchev–Trinajstić information content (AvgIpc) is 2.43. The second-order valence-corrected chi connectivity index (χ2v) is 4.97. The van der Waals surface area contributed by atoms with Gasteiger partial charge in [-0.3, -0.25) is 4.79 Å². The van der Waals surface area contributed by atoms with Crippen LogP contribution in [0.3, 0.4) is 0 Å². The van der Waals surface area contributed by atoms with Crippen molar-refractivity contribution in [2.75, 3.05) is 11.9 Å². The molecule has 3 nitrogen and oxygen atoms in total. The fraction of sp³-hybridized carbons (Fsp3) is 0.188. The minimum absolute atomic E-state index is 0.0327. The molecule has 1 amide bonds. The Balaban J connectivity index is 1.92. The third-order valence-corrected chi connectivity index (χ3v) is 3.31. The van der Waals surface area contributed by atoms with E-state index in [0.717, 1.165) is 16.8 Å². The van der Waals surface area contributed by atoms with E-state index in [4.69, 9.17) is 16.3 Å². The van der Waals surface area contributed by atoms with Crippen LogP contribution < -0.4 is 10.1 Å². The average molecular weight is 290 g/mol. The predicted molar refractivity (Wildman–Crippen MR) is 81.5 cm³/mol. The maximum absolute atomic E-state index is 11.9. The van der Waals surface area contributed by atoms with Gasteiger partial charge in [-0.05, 0) is 55.3 Å². The molecule has 104 valence electrons. The number of ether oxygens (including phenoxy) is 1. The van der Waals surface area contributed by atoms with Crippen LogP contribution in [0.4, 0.5) is 5.69 Å². The molecule has 1 N–H and O–H groups in total. The van der Waals surface area contributed by atoms with E-state index in [1.807, 2.05) is 32.0 Å². The van der Waals surface area contributed by atoms with Crippen LogP contribution in [-0.2, 0) is 4.79 Å². The largest absolute Gasteiger partial charge is 0.484 e. The van der Waals surface area contributed by atoms with E-state index in [-0.39, 0.29) is 12.5 Å². The Morgan fingerprint density at radius 1 is 1.15 bits per heavy atom. The molecule has 2 aromatic carbocycles. The van der Waals surface area contributed by atoms with Crippen molar-refractivity contribution >= 4 is 23.2 Å². The lowest BCUT2D eigenvalue weighted by atomic mass is 10.1. The van der Waals surface area contributed by atoms with Crippen molar-refractivity contribution in [1.29, 1.82) is 0 Å². The molecule has 2 aromatic rings. The summed E-state index contributed by atoms with van der Waals surface area (Å²) in [5, 5.41) is 3.48. The number of aryl methyl sites for hydroxylation is 1. The zero-order valence-corrected chi connectivity index (χ0v) is 12.2. The molecule has 0 aromatic heterocycles. The maximum Gasteiger partial charge on any atom is 0.262 e. The molecule has 0 atom stereocenters. The zero-order chi connectivity index (χ0) is 14.5. The highest BCUT2D eigenvalue weighted by Gasteiger charge is 2.06. The monoisotopic (exact) mass is 289 g/mol. The molecular formula is C16H16ClNO2. The molecule has 0 radical (unpaired) electrons. The number of hydrogen-bond donors (Lipinski definition) is 1. The van der Waals surface area contributed by atoms with Crippen LogP contribution in [0, 0.1) is 13.8 Å². The normalized spacial score (nSPS) is 10.2. The Bertz CT molecular complexity index is 608. The van der Waals surface area contributed by atoms with Gasteiger partial charge in [-0.25, -0.2) is 0 Å². The smallest absolute Gasteiger partial charge is 0.262 e. The highest BCUT2D eigenvalue weighted by atomic mass is 35.5. The summed E-state index contributed by atoms with van der Waals surface area (Å²) >= 11 is 5.78. The standard InChI is InChI=1S/C16H16ClNO2/c1-11-4-3-5-15(12(11)2)18-16(19)10-20-14-8-6-13(17)7-9-14/h3-9H,10H2,1-2H3,(H,18,19). The first-order valence-corrected chi connectivity index (χ1v) is 6.68. The summed E-state index contributed by atoms with van der Waals surface area (Å²) in [7, 11) is 0. The van der Waals surface area contributed by atoms with Gasteiger partial charge >= 0.3 is 0 Å². The highest BCUT2D eigenvalue weighted by molar-refractivity contribution is 6.30. The molecule has 0 bridgehead atoms. The van der Waals surface area contributed by atoms with Gasteiger partial charge in [0.2, 0.25) is 0 Å². The number of halogens is 1. The quantitative estimate of drug-likeness (QED) is 0.925. The van der Waals surface area contributed by atoms with Gasteiger partial charge in [0.15, 0.2) is 6.61 Å². The van der Waals surface area contributed by atoms with E-state index in [2.05, 4.69) is 5.32 Å². The van der Waals surface area contributed by atoms with E-state index in [1.165, 1.54) is 0 Å². The first-order chi connectivity index (χ1) is 9.56. The van der Waals surface area contributed by atoms with Crippen LogP contribution in [0.1, 0.15) is 11.1 Å². The molecule has 2 rings (SSSR count). The van der Waals surface area contributed by atoms with Crippen molar-refractivity contribution in [2.45, 2.75) is 13.8 Å². The Hall–Kier alpha value is -2.00. The minimum Gasteiger partial charge on any atom is -0.484 e. The Kier molecular flexibility index (Phi) is 4.64. The number of carbonyl (C=O) groups is 1. The van der Waals surface area contributed by atoms with Gasteiger partial charge in [0.05, 0.1) is 0 Å². The number of anilines is 1. The Labute approximate surface area is 123 Å². The lowest BCUT2D eigenvalue weighted by molar-refractivity contribution is -0.118. The number of nitrogens with one attached hydrogen (secondary N) is 1. The van der Waals surface area contributed by atoms with Crippen molar-refractivity contribution in [2.24, 2.45) is 0 Å². The third-order valence-electron chi connectivity index (χ3n) is 3.06. The summed E-state index contributed by atoms with van der Waals surface area (Å²) in [4.78, 5) is 11.9. The van der Waals surface area contributed by atoms with Gasteiger partial charge in [-0.15, -0.1) is 0 Å². The predicted octanol–water partition coefficient (Wildman–Crippen LogP) is 3.97. The van der Waals surface area contributed by atoms with E-state index >= 15 is 0 Å². The molecule has 0 aliphatic carbocycles. The second-order valence-electron chi connectivity index (χ2n) is 4.54. The summed E-state index contributed by atoms with van der Waals surface area (Å²) < 4.78 is 5.39. The van der Waals surface area contributed by atoms with Crippen molar-refractivity contribution < 1.29 is 9.53 Å². The molecule has 0 saturated carbocycles. The minimum atomic E-state index is -0.186. The van der Waals surface area contributed by atoms with Gasteiger partial charge in [-0.1, -0.05) is 23.7 Å². The summed E-state index contributed by atoms with van der Waals surface area (Å²) in [5.74, 6) is 0.430.